The van der Waals surface area contributed by atoms with Gasteiger partial charge >= 0.3 is 0 Å². The lowest BCUT2D eigenvalue weighted by molar-refractivity contribution is -0.120. The number of hydrogen-bond donors (Lipinski definition) is 2. The molecule has 2 N–H and O–H groups in total. The van der Waals surface area contributed by atoms with E-state index < -0.39 is 6.10 Å². The Morgan fingerprint density at radius 1 is 0.951 bits per heavy atom. The molecule has 0 bridgehead atoms. The van der Waals surface area contributed by atoms with Crippen LogP contribution in [0, 0.1) is 11.8 Å². The Labute approximate surface area is 242 Å². The molecule has 0 radical (unpaired) electrons. The molecular weight excluding hydrogens is 520 g/mol. The van der Waals surface area contributed by atoms with Gasteiger partial charge in [-0.1, -0.05) is 12.5 Å². The van der Waals surface area contributed by atoms with E-state index in [0.29, 0.717) is 72.6 Å². The predicted octanol–water partition coefficient (Wildman–Crippen LogP) is 5.41. The third-order valence-electron chi connectivity index (χ3n) is 7.88. The van der Waals surface area contributed by atoms with Gasteiger partial charge in [0.15, 0.2) is 17.3 Å². The molecular formula is C33H42N2O6. The Kier molecular flexibility index (Phi) is 9.83. The summed E-state index contributed by atoms with van der Waals surface area (Å²) in [4.78, 5) is 27.8. The van der Waals surface area contributed by atoms with E-state index in [1.54, 1.807) is 37.4 Å². The Hall–Kier alpha value is -3.52. The summed E-state index contributed by atoms with van der Waals surface area (Å²) in [5.74, 6) is 3.33. The van der Waals surface area contributed by atoms with Crippen molar-refractivity contribution in [1.29, 1.82) is 0 Å². The van der Waals surface area contributed by atoms with Crippen molar-refractivity contribution < 1.29 is 28.9 Å². The highest BCUT2D eigenvalue weighted by atomic mass is 16.6. The summed E-state index contributed by atoms with van der Waals surface area (Å²) in [7, 11) is 1.60. The number of fused-ring (bicyclic) bond motifs is 1. The number of aliphatic hydroxyl groups is 1. The monoisotopic (exact) mass is 562 g/mol. The number of nitrogens with zero attached hydrogens (tertiary/aromatic N) is 1. The van der Waals surface area contributed by atoms with Crippen LogP contribution in [-0.2, 0) is 4.79 Å². The van der Waals surface area contributed by atoms with Gasteiger partial charge in [-0.15, -0.1) is 0 Å². The Morgan fingerprint density at radius 2 is 1.61 bits per heavy atom. The van der Waals surface area contributed by atoms with Crippen LogP contribution < -0.4 is 19.5 Å². The minimum atomic E-state index is -1.00. The largest absolute Gasteiger partial charge is 0.497 e. The van der Waals surface area contributed by atoms with Crippen LogP contribution in [0.1, 0.15) is 79.8 Å². The quantitative estimate of drug-likeness (QED) is 0.209. The first-order valence-electron chi connectivity index (χ1n) is 15.0. The Balaban J connectivity index is 1.17. The van der Waals surface area contributed by atoms with Crippen molar-refractivity contribution in [3.05, 3.63) is 65.5 Å². The molecule has 2 aromatic rings. The molecule has 0 unspecified atom stereocenters. The first kappa shape index (κ1) is 29.0. The van der Waals surface area contributed by atoms with Crippen LogP contribution in [0.3, 0.4) is 0 Å². The smallest absolute Gasteiger partial charge is 0.224 e. The van der Waals surface area contributed by atoms with E-state index >= 15 is 0 Å². The lowest BCUT2D eigenvalue weighted by atomic mass is 10.0. The molecule has 2 aromatic carbocycles. The van der Waals surface area contributed by atoms with E-state index in [-0.39, 0.29) is 11.7 Å². The first-order chi connectivity index (χ1) is 20.0. The van der Waals surface area contributed by atoms with Crippen molar-refractivity contribution in [2.45, 2.75) is 63.9 Å². The van der Waals surface area contributed by atoms with Crippen molar-refractivity contribution in [3.63, 3.8) is 0 Å². The van der Waals surface area contributed by atoms with Crippen LogP contribution in [-0.4, -0.2) is 55.1 Å². The maximum atomic E-state index is 13.0. The molecule has 2 fully saturated rings. The minimum Gasteiger partial charge on any atom is -0.497 e. The van der Waals surface area contributed by atoms with Gasteiger partial charge in [0.25, 0.3) is 0 Å². The second-order valence-corrected chi connectivity index (χ2v) is 11.5. The summed E-state index contributed by atoms with van der Waals surface area (Å²) in [5, 5.41) is 14.5. The molecule has 2 aliphatic carbocycles. The molecule has 8 nitrogen and oxygen atoms in total. The number of carbonyl (C=O) groups is 2. The number of Topliss-reactive ketones (excluding diaryl/α,β-unsaturated/α-hetero) is 1. The fourth-order valence-corrected chi connectivity index (χ4v) is 5.11. The maximum absolute atomic E-state index is 13.0. The minimum absolute atomic E-state index is 0.0938. The van der Waals surface area contributed by atoms with E-state index in [4.69, 9.17) is 14.2 Å². The number of methoxy groups -OCH3 is 1. The molecule has 1 amide bonds. The highest BCUT2D eigenvalue weighted by Gasteiger charge is 2.29. The van der Waals surface area contributed by atoms with Crippen molar-refractivity contribution >= 4 is 11.7 Å². The summed E-state index contributed by atoms with van der Waals surface area (Å²) < 4.78 is 16.5. The van der Waals surface area contributed by atoms with Crippen molar-refractivity contribution in [3.8, 4) is 17.2 Å². The third kappa shape index (κ3) is 8.73. The van der Waals surface area contributed by atoms with Gasteiger partial charge < -0.3 is 29.5 Å². The average Bonchev–Trinajstić information content (AvgIpc) is 3.94. The lowest BCUT2D eigenvalue weighted by Crippen LogP contribution is -2.31. The zero-order chi connectivity index (χ0) is 28.6. The van der Waals surface area contributed by atoms with E-state index in [9.17, 15) is 14.7 Å². The van der Waals surface area contributed by atoms with E-state index in [1.165, 1.54) is 25.7 Å². The van der Waals surface area contributed by atoms with Gasteiger partial charge in [-0.2, -0.15) is 0 Å². The number of nitrogens with one attached hydrogen (secondary N) is 1. The highest BCUT2D eigenvalue weighted by molar-refractivity contribution is 5.96. The van der Waals surface area contributed by atoms with Gasteiger partial charge in [0, 0.05) is 37.7 Å². The number of hydrogen-bond acceptors (Lipinski definition) is 7. The normalized spacial score (nSPS) is 17.1. The van der Waals surface area contributed by atoms with Crippen LogP contribution in [0.4, 0.5) is 0 Å². The topological polar surface area (TPSA) is 97.3 Å². The summed E-state index contributed by atoms with van der Waals surface area (Å²) >= 11 is 0. The van der Waals surface area contributed by atoms with Gasteiger partial charge in [0.1, 0.15) is 25.1 Å². The molecule has 5 rings (SSSR count). The summed E-state index contributed by atoms with van der Waals surface area (Å²) in [6.07, 6.45) is 8.85. The van der Waals surface area contributed by atoms with Crippen LogP contribution in [0.25, 0.3) is 0 Å². The van der Waals surface area contributed by atoms with Gasteiger partial charge in [0.2, 0.25) is 5.91 Å². The van der Waals surface area contributed by atoms with Crippen molar-refractivity contribution in [1.82, 2.24) is 10.2 Å². The number of carbonyl (C=O) groups excluding carboxylic acids is 2. The molecule has 220 valence electrons. The molecule has 41 heavy (non-hydrogen) atoms. The molecule has 2 saturated carbocycles. The molecule has 1 atom stereocenters. The Bertz CT molecular complexity index is 1200. The standard InChI is InChI=1S/C33H42N2O6/c1-39-27-14-11-25(12-15-27)29(36)5-3-2-4-6-32(37)34-28(22-35(20-23-7-8-23)21-24-9-10-24)33(38)26-13-16-30-31(19-26)41-18-17-40-30/h11-16,19,22-24,33,38H,2-10,17-18,20-21H2,1H3,(H,34,37)/b28-22+/t33-/m1/s1. The molecule has 0 spiro atoms. The van der Waals surface area contributed by atoms with Gasteiger partial charge in [-0.25, -0.2) is 0 Å². The van der Waals surface area contributed by atoms with Crippen LogP contribution in [0.5, 0.6) is 17.2 Å². The maximum Gasteiger partial charge on any atom is 0.224 e. The number of ketones is 1. The molecule has 3 aliphatic rings. The molecule has 8 heteroatoms. The predicted molar refractivity (Wildman–Crippen MR) is 156 cm³/mol. The number of benzene rings is 2. The molecule has 1 aliphatic heterocycles. The first-order valence-corrected chi connectivity index (χ1v) is 15.0. The fourth-order valence-electron chi connectivity index (χ4n) is 5.11. The van der Waals surface area contributed by atoms with Crippen molar-refractivity contribution in [2.75, 3.05) is 33.4 Å². The zero-order valence-corrected chi connectivity index (χ0v) is 24.0. The van der Waals surface area contributed by atoms with E-state index in [0.717, 1.165) is 31.7 Å². The molecule has 0 saturated heterocycles. The Morgan fingerprint density at radius 3 is 2.27 bits per heavy atom. The molecule has 0 aromatic heterocycles. The van der Waals surface area contributed by atoms with Gasteiger partial charge in [-0.3, -0.25) is 9.59 Å². The van der Waals surface area contributed by atoms with E-state index in [2.05, 4.69) is 10.2 Å². The second-order valence-electron chi connectivity index (χ2n) is 11.5. The van der Waals surface area contributed by atoms with Crippen molar-refractivity contribution in [2.24, 2.45) is 11.8 Å². The highest BCUT2D eigenvalue weighted by Crippen LogP contribution is 2.36. The third-order valence-corrected chi connectivity index (χ3v) is 7.88. The molecule has 1 heterocycles. The van der Waals surface area contributed by atoms with Crippen LogP contribution in [0.15, 0.2) is 54.4 Å². The average molecular weight is 563 g/mol. The fraction of sp³-hybridized carbons (Fsp3) is 0.515. The van der Waals surface area contributed by atoms with E-state index in [1.807, 2.05) is 18.3 Å². The number of aliphatic hydroxyl groups excluding tert-OH is 1. The SMILES string of the molecule is COc1ccc(C(=O)CCCCCC(=O)N/C(=C/N(CC2CC2)CC2CC2)[C@H](O)c2ccc3c(c2)OCCO3)cc1. The van der Waals surface area contributed by atoms with Crippen LogP contribution in [0.2, 0.25) is 0 Å². The van der Waals surface area contributed by atoms with Gasteiger partial charge in [0.05, 0.1) is 12.8 Å². The summed E-state index contributed by atoms with van der Waals surface area (Å²) in [5.41, 5.74) is 1.81. The number of ether oxygens (including phenoxy) is 3. The lowest BCUT2D eigenvalue weighted by Gasteiger charge is -2.25. The van der Waals surface area contributed by atoms with Gasteiger partial charge in [-0.05, 0) is 92.3 Å². The number of unbranched alkanes of at least 4 members (excludes halogenated alkanes) is 2. The summed E-state index contributed by atoms with van der Waals surface area (Å²) in [6, 6.07) is 12.6. The number of amides is 1. The zero-order valence-electron chi connectivity index (χ0n) is 24.0. The summed E-state index contributed by atoms with van der Waals surface area (Å²) in [6.45, 7) is 2.87. The number of rotatable bonds is 16. The second kappa shape index (κ2) is 13.9. The van der Waals surface area contributed by atoms with Crippen LogP contribution >= 0.6 is 0 Å².